The molecule has 0 radical (unpaired) electrons. The largest absolute Gasteiger partial charge is 0.462 e. The van der Waals surface area contributed by atoms with Crippen molar-refractivity contribution in [2.45, 2.75) is 66.2 Å². The van der Waals surface area contributed by atoms with Gasteiger partial charge in [0, 0.05) is 10.8 Å². The Morgan fingerprint density at radius 1 is 1.33 bits per heavy atom. The van der Waals surface area contributed by atoms with Gasteiger partial charge in [-0.3, -0.25) is 4.79 Å². The maximum absolute atomic E-state index is 12.5. The van der Waals surface area contributed by atoms with Crippen LogP contribution in [0.25, 0.3) is 0 Å². The minimum absolute atomic E-state index is 0.00645. The van der Waals surface area contributed by atoms with Crippen molar-refractivity contribution in [1.29, 1.82) is 0 Å². The van der Waals surface area contributed by atoms with Crippen molar-refractivity contribution in [2.75, 3.05) is 11.9 Å². The molecule has 1 aliphatic carbocycles. The lowest BCUT2D eigenvalue weighted by molar-refractivity contribution is -0.119. The molecule has 0 spiro atoms. The summed E-state index contributed by atoms with van der Waals surface area (Å²) in [5.74, 6) is 0.317. The Bertz CT molecular complexity index is 594. The van der Waals surface area contributed by atoms with Crippen LogP contribution in [0.3, 0.4) is 0 Å². The number of hydrogen-bond acceptors (Lipinski definition) is 4. The van der Waals surface area contributed by atoms with Gasteiger partial charge in [0.25, 0.3) is 0 Å². The van der Waals surface area contributed by atoms with Gasteiger partial charge in [0.05, 0.1) is 12.2 Å². The van der Waals surface area contributed by atoms with Crippen LogP contribution in [0.15, 0.2) is 0 Å². The summed E-state index contributed by atoms with van der Waals surface area (Å²) in [4.78, 5) is 26.1. The number of carbonyl (C=O) groups excluding carboxylic acids is 2. The Balaban J connectivity index is 2.30. The van der Waals surface area contributed by atoms with Crippen molar-refractivity contribution in [2.24, 2.45) is 11.8 Å². The summed E-state index contributed by atoms with van der Waals surface area (Å²) >= 11 is 1.57. The Morgan fingerprint density at radius 2 is 2.08 bits per heavy atom. The molecule has 1 aliphatic rings. The predicted octanol–water partition coefficient (Wildman–Crippen LogP) is 4.81. The van der Waals surface area contributed by atoms with Crippen LogP contribution >= 0.6 is 11.3 Å². The van der Waals surface area contributed by atoms with E-state index in [4.69, 9.17) is 4.74 Å². The van der Waals surface area contributed by atoms with Gasteiger partial charge in [-0.05, 0) is 44.1 Å². The quantitative estimate of drug-likeness (QED) is 0.717. The zero-order valence-electron chi connectivity index (χ0n) is 15.2. The fourth-order valence-electron chi connectivity index (χ4n) is 3.31. The highest BCUT2D eigenvalue weighted by molar-refractivity contribution is 7.17. The molecule has 0 aliphatic heterocycles. The first kappa shape index (κ1) is 19.0. The number of amides is 1. The molecule has 1 aromatic heterocycles. The van der Waals surface area contributed by atoms with Crippen molar-refractivity contribution in [3.05, 3.63) is 16.0 Å². The first-order valence-corrected chi connectivity index (χ1v) is 9.95. The molecule has 1 heterocycles. The molecule has 0 unspecified atom stereocenters. The smallest absolute Gasteiger partial charge is 0.341 e. The first-order chi connectivity index (χ1) is 11.5. The van der Waals surface area contributed by atoms with Gasteiger partial charge in [0.15, 0.2) is 0 Å². The molecule has 5 heteroatoms. The maximum atomic E-state index is 12.5. The highest BCUT2D eigenvalue weighted by atomic mass is 32.1. The second-order valence-electron chi connectivity index (χ2n) is 6.62. The predicted molar refractivity (Wildman–Crippen MR) is 98.8 cm³/mol. The van der Waals surface area contributed by atoms with Gasteiger partial charge < -0.3 is 10.1 Å². The van der Waals surface area contributed by atoms with Crippen LogP contribution in [0.5, 0.6) is 0 Å². The van der Waals surface area contributed by atoms with Crippen LogP contribution in [0.2, 0.25) is 0 Å². The average Bonchev–Trinajstić information content (AvgIpc) is 2.91. The van der Waals surface area contributed by atoms with E-state index in [1.165, 1.54) is 4.88 Å². The van der Waals surface area contributed by atoms with Gasteiger partial charge in [0.1, 0.15) is 5.00 Å². The molecule has 134 valence electrons. The molecule has 1 N–H and O–H groups in total. The van der Waals surface area contributed by atoms with Gasteiger partial charge in [-0.15, -0.1) is 11.3 Å². The van der Waals surface area contributed by atoms with E-state index >= 15 is 0 Å². The average molecular weight is 352 g/mol. The van der Waals surface area contributed by atoms with Crippen molar-refractivity contribution in [3.63, 3.8) is 0 Å². The van der Waals surface area contributed by atoms with Gasteiger partial charge >= 0.3 is 5.97 Å². The van der Waals surface area contributed by atoms with E-state index in [1.54, 1.807) is 11.3 Å². The van der Waals surface area contributed by atoms with E-state index in [2.05, 4.69) is 19.2 Å². The minimum Gasteiger partial charge on any atom is -0.462 e. The van der Waals surface area contributed by atoms with Crippen LogP contribution in [-0.2, 0) is 22.4 Å². The second-order valence-corrected chi connectivity index (χ2v) is 7.73. The number of carbonyl (C=O) groups is 2. The van der Waals surface area contributed by atoms with Crippen LogP contribution < -0.4 is 5.32 Å². The van der Waals surface area contributed by atoms with E-state index in [-0.39, 0.29) is 17.8 Å². The summed E-state index contributed by atoms with van der Waals surface area (Å²) in [6.07, 6.45) is 5.98. The number of esters is 1. The summed E-state index contributed by atoms with van der Waals surface area (Å²) in [5, 5.41) is 3.69. The Hall–Kier alpha value is -1.36. The van der Waals surface area contributed by atoms with Crippen LogP contribution in [0, 0.1) is 11.8 Å². The molecule has 0 saturated carbocycles. The zero-order chi connectivity index (χ0) is 17.7. The molecule has 0 aromatic carbocycles. The van der Waals surface area contributed by atoms with E-state index in [1.807, 2.05) is 13.8 Å². The Labute approximate surface area is 149 Å². The number of nitrogens with one attached hydrogen (secondary N) is 1. The monoisotopic (exact) mass is 351 g/mol. The molecule has 0 fully saturated rings. The lowest BCUT2D eigenvalue weighted by Gasteiger charge is -2.21. The summed E-state index contributed by atoms with van der Waals surface area (Å²) in [6, 6.07) is 0. The first-order valence-electron chi connectivity index (χ1n) is 9.14. The van der Waals surface area contributed by atoms with Crippen molar-refractivity contribution in [3.8, 4) is 0 Å². The van der Waals surface area contributed by atoms with Crippen molar-refractivity contribution >= 4 is 28.2 Å². The SMILES string of the molecule is CCC[C@H](C)C(=O)Nc1sc2c(c1C(=O)OCC)CC[C@H](CC)C2. The number of hydrogen-bond donors (Lipinski definition) is 1. The van der Waals surface area contributed by atoms with Gasteiger partial charge in [-0.1, -0.05) is 33.6 Å². The summed E-state index contributed by atoms with van der Waals surface area (Å²) < 4.78 is 5.25. The highest BCUT2D eigenvalue weighted by Crippen LogP contribution is 2.41. The number of anilines is 1. The third kappa shape index (κ3) is 4.18. The third-order valence-electron chi connectivity index (χ3n) is 4.83. The van der Waals surface area contributed by atoms with Gasteiger partial charge in [-0.2, -0.15) is 0 Å². The lowest BCUT2D eigenvalue weighted by Crippen LogP contribution is -2.21. The summed E-state index contributed by atoms with van der Waals surface area (Å²) in [6.45, 7) is 8.38. The molecule has 4 nitrogen and oxygen atoms in total. The van der Waals surface area contributed by atoms with Gasteiger partial charge in [0.2, 0.25) is 5.91 Å². The van der Waals surface area contributed by atoms with Crippen LogP contribution in [0.1, 0.15) is 74.2 Å². The second kappa shape index (κ2) is 8.65. The molecule has 1 aromatic rings. The number of ether oxygens (including phenoxy) is 1. The zero-order valence-corrected chi connectivity index (χ0v) is 16.1. The lowest BCUT2D eigenvalue weighted by atomic mass is 9.85. The van der Waals surface area contributed by atoms with E-state index < -0.39 is 0 Å². The molecule has 2 rings (SSSR count). The molecule has 0 saturated heterocycles. The Kier molecular flexibility index (Phi) is 6.84. The van der Waals surface area contributed by atoms with Crippen molar-refractivity contribution < 1.29 is 14.3 Å². The fraction of sp³-hybridized carbons (Fsp3) is 0.684. The van der Waals surface area contributed by atoms with Crippen molar-refractivity contribution in [1.82, 2.24) is 0 Å². The normalized spacial score (nSPS) is 17.9. The van der Waals surface area contributed by atoms with E-state index in [0.717, 1.165) is 44.1 Å². The number of thiophene rings is 1. The summed E-state index contributed by atoms with van der Waals surface area (Å²) in [7, 11) is 0. The molecular formula is C19H29NO3S. The van der Waals surface area contributed by atoms with Crippen LogP contribution in [0.4, 0.5) is 5.00 Å². The Morgan fingerprint density at radius 3 is 2.71 bits per heavy atom. The maximum Gasteiger partial charge on any atom is 0.341 e. The summed E-state index contributed by atoms with van der Waals surface area (Å²) in [5.41, 5.74) is 1.70. The highest BCUT2D eigenvalue weighted by Gasteiger charge is 2.30. The van der Waals surface area contributed by atoms with E-state index in [0.29, 0.717) is 23.1 Å². The standard InChI is InChI=1S/C19H29NO3S/c1-5-8-12(4)17(21)20-18-16(19(22)23-7-3)14-10-9-13(6-2)11-15(14)24-18/h12-13H,5-11H2,1-4H3,(H,20,21)/t12-,13-/m0/s1. The fourth-order valence-corrected chi connectivity index (χ4v) is 4.66. The minimum atomic E-state index is -0.302. The number of fused-ring (bicyclic) bond motifs is 1. The van der Waals surface area contributed by atoms with E-state index in [9.17, 15) is 9.59 Å². The molecule has 2 atom stereocenters. The molecule has 24 heavy (non-hydrogen) atoms. The molecule has 0 bridgehead atoms. The topological polar surface area (TPSA) is 55.4 Å². The third-order valence-corrected chi connectivity index (χ3v) is 6.00. The van der Waals surface area contributed by atoms with Crippen LogP contribution in [-0.4, -0.2) is 18.5 Å². The van der Waals surface area contributed by atoms with Gasteiger partial charge in [-0.25, -0.2) is 4.79 Å². The molecular weight excluding hydrogens is 322 g/mol. The molecule has 1 amide bonds. The number of rotatable bonds is 7.